The summed E-state index contributed by atoms with van der Waals surface area (Å²) in [6.45, 7) is 1.36. The van der Waals surface area contributed by atoms with Gasteiger partial charge in [-0.15, -0.1) is 0 Å². The molecule has 0 heterocycles. The number of hydrogen-bond acceptors (Lipinski definition) is 4. The van der Waals surface area contributed by atoms with Crippen molar-refractivity contribution in [3.05, 3.63) is 35.9 Å². The van der Waals surface area contributed by atoms with Crippen molar-refractivity contribution >= 4 is 11.8 Å². The van der Waals surface area contributed by atoms with E-state index in [4.69, 9.17) is 4.74 Å². The van der Waals surface area contributed by atoms with Gasteiger partial charge in [-0.3, -0.25) is 9.59 Å². The van der Waals surface area contributed by atoms with Crippen LogP contribution in [0.1, 0.15) is 31.2 Å². The lowest BCUT2D eigenvalue weighted by Gasteiger charge is -2.43. The first-order valence-electron chi connectivity index (χ1n) is 7.23. The second-order valence-electron chi connectivity index (χ2n) is 5.59. The number of carbonyl (C=O) groups excluding carboxylic acids is 2. The average Bonchev–Trinajstić information content (AvgIpc) is 2.46. The van der Waals surface area contributed by atoms with E-state index in [-0.39, 0.29) is 13.0 Å². The molecule has 7 heteroatoms. The van der Waals surface area contributed by atoms with E-state index in [0.717, 1.165) is 0 Å². The van der Waals surface area contributed by atoms with Crippen LogP contribution < -0.4 is 0 Å². The highest BCUT2D eigenvalue weighted by molar-refractivity contribution is 5.87. The smallest absolute Gasteiger partial charge is 0.418 e. The van der Waals surface area contributed by atoms with Crippen molar-refractivity contribution in [1.29, 1.82) is 0 Å². The molecule has 0 spiro atoms. The summed E-state index contributed by atoms with van der Waals surface area (Å²) < 4.78 is 45.0. The molecule has 0 saturated heterocycles. The molecule has 0 amide bonds. The maximum atomic E-state index is 13.4. The molecule has 126 valence electrons. The Balaban J connectivity index is 2.54. The molecule has 1 aromatic carbocycles. The van der Waals surface area contributed by atoms with Gasteiger partial charge in [0.1, 0.15) is 11.7 Å². The highest BCUT2D eigenvalue weighted by Gasteiger charge is 2.66. The van der Waals surface area contributed by atoms with E-state index in [0.29, 0.717) is 5.56 Å². The Morgan fingerprint density at radius 3 is 2.48 bits per heavy atom. The van der Waals surface area contributed by atoms with Crippen LogP contribution in [0.4, 0.5) is 13.2 Å². The van der Waals surface area contributed by atoms with Crippen LogP contribution in [0.3, 0.4) is 0 Å². The van der Waals surface area contributed by atoms with E-state index in [9.17, 15) is 27.9 Å². The number of ether oxygens (including phenoxy) is 1. The van der Waals surface area contributed by atoms with Crippen LogP contribution in [0.15, 0.2) is 30.3 Å². The van der Waals surface area contributed by atoms with Crippen LogP contribution in [0, 0.1) is 5.92 Å². The van der Waals surface area contributed by atoms with Gasteiger partial charge >= 0.3 is 12.1 Å². The normalized spacial score (nSPS) is 28.5. The number of aliphatic hydroxyl groups is 1. The number of benzene rings is 1. The lowest BCUT2D eigenvalue weighted by Crippen LogP contribution is -2.60. The zero-order valence-electron chi connectivity index (χ0n) is 12.5. The molecule has 0 radical (unpaired) electrons. The highest BCUT2D eigenvalue weighted by Crippen LogP contribution is 2.50. The van der Waals surface area contributed by atoms with Gasteiger partial charge in [0.2, 0.25) is 0 Å². The molecule has 4 nitrogen and oxygen atoms in total. The van der Waals surface area contributed by atoms with Crippen molar-refractivity contribution in [3.8, 4) is 0 Å². The number of ketones is 1. The number of rotatable bonds is 3. The van der Waals surface area contributed by atoms with E-state index in [1.807, 2.05) is 0 Å². The third kappa shape index (κ3) is 3.24. The Hall–Kier alpha value is -1.89. The predicted molar refractivity (Wildman–Crippen MR) is 74.6 cm³/mol. The summed E-state index contributed by atoms with van der Waals surface area (Å²) in [5.74, 6) is -4.83. The topological polar surface area (TPSA) is 63.6 Å². The summed E-state index contributed by atoms with van der Waals surface area (Å²) in [5.41, 5.74) is -3.03. The number of alkyl halides is 3. The maximum Gasteiger partial charge on any atom is 0.418 e. The molecular formula is C16H17F3O4. The lowest BCUT2D eigenvalue weighted by atomic mass is 9.65. The molecule has 1 N–H and O–H groups in total. The third-order valence-electron chi connectivity index (χ3n) is 4.09. The van der Waals surface area contributed by atoms with Crippen LogP contribution >= 0.6 is 0 Å². The fourth-order valence-electron chi connectivity index (χ4n) is 3.06. The van der Waals surface area contributed by atoms with Gasteiger partial charge in [-0.2, -0.15) is 13.2 Å². The summed E-state index contributed by atoms with van der Waals surface area (Å²) in [5, 5.41) is 10.2. The Labute approximate surface area is 131 Å². The fraction of sp³-hybridized carbons (Fsp3) is 0.500. The Morgan fingerprint density at radius 2 is 1.96 bits per heavy atom. The van der Waals surface area contributed by atoms with Crippen molar-refractivity contribution in [2.24, 2.45) is 5.92 Å². The number of halogens is 3. The lowest BCUT2D eigenvalue weighted by molar-refractivity contribution is -0.286. The first kappa shape index (κ1) is 17.5. The zero-order valence-corrected chi connectivity index (χ0v) is 12.5. The summed E-state index contributed by atoms with van der Waals surface area (Å²) in [6, 6.07) is 7.94. The fourth-order valence-corrected chi connectivity index (χ4v) is 3.06. The van der Waals surface area contributed by atoms with Gasteiger partial charge < -0.3 is 9.84 Å². The summed E-state index contributed by atoms with van der Waals surface area (Å²) in [7, 11) is 0. The molecule has 1 saturated carbocycles. The first-order chi connectivity index (χ1) is 10.7. The van der Waals surface area contributed by atoms with Crippen LogP contribution in [-0.4, -0.2) is 35.2 Å². The molecule has 0 bridgehead atoms. The Morgan fingerprint density at radius 1 is 1.35 bits per heavy atom. The van der Waals surface area contributed by atoms with Gasteiger partial charge in [0.15, 0.2) is 5.60 Å². The minimum Gasteiger partial charge on any atom is -0.466 e. The van der Waals surface area contributed by atoms with E-state index in [1.165, 1.54) is 19.1 Å². The molecule has 3 atom stereocenters. The van der Waals surface area contributed by atoms with E-state index in [2.05, 4.69) is 0 Å². The predicted octanol–water partition coefficient (Wildman–Crippen LogP) is 2.61. The van der Waals surface area contributed by atoms with Gasteiger partial charge in [-0.05, 0) is 12.5 Å². The SMILES string of the molecule is CCOC(=O)C1C(c2ccccc2)CC(=O)CC1(O)C(F)(F)F. The van der Waals surface area contributed by atoms with E-state index < -0.39 is 41.8 Å². The van der Waals surface area contributed by atoms with Crippen molar-refractivity contribution < 1.29 is 32.6 Å². The second kappa shape index (κ2) is 6.31. The van der Waals surface area contributed by atoms with E-state index in [1.54, 1.807) is 18.2 Å². The monoisotopic (exact) mass is 330 g/mol. The average molecular weight is 330 g/mol. The molecule has 1 aromatic rings. The van der Waals surface area contributed by atoms with Crippen LogP contribution in [0.2, 0.25) is 0 Å². The molecule has 1 aliphatic rings. The van der Waals surface area contributed by atoms with Crippen molar-refractivity contribution in [1.82, 2.24) is 0 Å². The molecule has 3 unspecified atom stereocenters. The maximum absolute atomic E-state index is 13.4. The van der Waals surface area contributed by atoms with E-state index >= 15 is 0 Å². The van der Waals surface area contributed by atoms with Gasteiger partial charge in [0.05, 0.1) is 6.61 Å². The van der Waals surface area contributed by atoms with Gasteiger partial charge in [0, 0.05) is 18.8 Å². The van der Waals surface area contributed by atoms with Gasteiger partial charge in [0.25, 0.3) is 0 Å². The van der Waals surface area contributed by atoms with Crippen LogP contribution in [0.25, 0.3) is 0 Å². The van der Waals surface area contributed by atoms with Crippen LogP contribution in [0.5, 0.6) is 0 Å². The first-order valence-corrected chi connectivity index (χ1v) is 7.23. The largest absolute Gasteiger partial charge is 0.466 e. The quantitative estimate of drug-likeness (QED) is 0.866. The number of carbonyl (C=O) groups is 2. The molecule has 1 aliphatic carbocycles. The Kier molecular flexibility index (Phi) is 4.79. The van der Waals surface area contributed by atoms with Crippen molar-refractivity contribution in [2.45, 2.75) is 37.5 Å². The number of esters is 1. The summed E-state index contributed by atoms with van der Waals surface area (Å²) in [6.07, 6.45) is -6.50. The van der Waals surface area contributed by atoms with Crippen molar-refractivity contribution in [2.75, 3.05) is 6.61 Å². The standard InChI is InChI=1S/C16H17F3O4/c1-2-23-14(21)13-12(10-6-4-3-5-7-10)8-11(20)9-15(13,22)16(17,18)19/h3-7,12-13,22H,2,8-9H2,1H3. The molecule has 23 heavy (non-hydrogen) atoms. The molecule has 0 aromatic heterocycles. The summed E-state index contributed by atoms with van der Waals surface area (Å²) >= 11 is 0. The summed E-state index contributed by atoms with van der Waals surface area (Å²) in [4.78, 5) is 24.0. The number of Topliss-reactive ketones (excluding diaryl/α,β-unsaturated/α-hetero) is 1. The van der Waals surface area contributed by atoms with Gasteiger partial charge in [-0.25, -0.2) is 0 Å². The highest BCUT2D eigenvalue weighted by atomic mass is 19.4. The molecule has 2 rings (SSSR count). The second-order valence-corrected chi connectivity index (χ2v) is 5.59. The zero-order chi connectivity index (χ0) is 17.3. The molecular weight excluding hydrogens is 313 g/mol. The van der Waals surface area contributed by atoms with Gasteiger partial charge in [-0.1, -0.05) is 30.3 Å². The molecule has 1 fully saturated rings. The van der Waals surface area contributed by atoms with Crippen molar-refractivity contribution in [3.63, 3.8) is 0 Å². The van der Waals surface area contributed by atoms with Crippen LogP contribution in [-0.2, 0) is 14.3 Å². The number of hydrogen-bond donors (Lipinski definition) is 1. The third-order valence-corrected chi connectivity index (χ3v) is 4.09. The molecule has 0 aliphatic heterocycles. The minimum atomic E-state index is -5.12. The Bertz CT molecular complexity index is 585. The minimum absolute atomic E-state index is 0.112.